The van der Waals surface area contributed by atoms with Crippen LogP contribution >= 0.6 is 11.8 Å². The van der Waals surface area contributed by atoms with Crippen LogP contribution < -0.4 is 5.73 Å². The van der Waals surface area contributed by atoms with Gasteiger partial charge in [0.15, 0.2) is 0 Å². The fraction of sp³-hybridized carbons (Fsp3) is 0.889. The smallest absolute Gasteiger partial charge is 0.303 e. The van der Waals surface area contributed by atoms with E-state index in [0.717, 1.165) is 12.2 Å². The van der Waals surface area contributed by atoms with Crippen LogP contribution in [0.1, 0.15) is 26.7 Å². The first-order valence-electron chi connectivity index (χ1n) is 4.63. The zero-order chi connectivity index (χ0) is 10.3. The molecule has 0 saturated carbocycles. The molecule has 0 spiro atoms. The molecule has 0 aliphatic rings. The van der Waals surface area contributed by atoms with Gasteiger partial charge in [-0.2, -0.15) is 11.8 Å². The Morgan fingerprint density at radius 3 is 2.62 bits per heavy atom. The zero-order valence-corrected chi connectivity index (χ0v) is 9.14. The van der Waals surface area contributed by atoms with Crippen molar-refractivity contribution >= 4 is 17.7 Å². The summed E-state index contributed by atoms with van der Waals surface area (Å²) in [6.07, 6.45) is 1.10. The number of carboxylic acid groups (broad SMARTS) is 1. The monoisotopic (exact) mass is 205 g/mol. The van der Waals surface area contributed by atoms with Crippen LogP contribution in [0.2, 0.25) is 0 Å². The van der Waals surface area contributed by atoms with E-state index in [1.54, 1.807) is 0 Å². The van der Waals surface area contributed by atoms with E-state index in [0.29, 0.717) is 11.8 Å². The molecule has 3 N–H and O–H groups in total. The predicted octanol–water partition coefficient (Wildman–Crippen LogP) is 1.57. The van der Waals surface area contributed by atoms with Crippen LogP contribution in [0.5, 0.6) is 0 Å². The number of carbonyl (C=O) groups is 1. The second-order valence-corrected chi connectivity index (χ2v) is 4.92. The average Bonchev–Trinajstić information content (AvgIpc) is 2.02. The molecule has 0 aromatic rings. The molecule has 0 saturated heterocycles. The van der Waals surface area contributed by atoms with Crippen molar-refractivity contribution in [3.8, 4) is 0 Å². The van der Waals surface area contributed by atoms with Gasteiger partial charge < -0.3 is 10.8 Å². The van der Waals surface area contributed by atoms with E-state index in [1.807, 2.05) is 11.8 Å². The van der Waals surface area contributed by atoms with E-state index in [1.165, 1.54) is 0 Å². The molecule has 0 aromatic heterocycles. The first kappa shape index (κ1) is 12.8. The van der Waals surface area contributed by atoms with Crippen LogP contribution in [0, 0.1) is 5.92 Å². The number of aliphatic carboxylic acids is 1. The van der Waals surface area contributed by atoms with Crippen molar-refractivity contribution in [2.75, 3.05) is 12.3 Å². The Hall–Kier alpha value is -0.220. The molecule has 2 atom stereocenters. The molecule has 0 amide bonds. The van der Waals surface area contributed by atoms with E-state index in [2.05, 4.69) is 13.8 Å². The molecule has 0 aromatic carbocycles. The van der Waals surface area contributed by atoms with Crippen LogP contribution in [0.15, 0.2) is 0 Å². The summed E-state index contributed by atoms with van der Waals surface area (Å²) < 4.78 is 0. The number of hydrogen-bond donors (Lipinski definition) is 2. The average molecular weight is 205 g/mol. The van der Waals surface area contributed by atoms with Gasteiger partial charge in [0.2, 0.25) is 0 Å². The highest BCUT2D eigenvalue weighted by Gasteiger charge is 2.14. The Bertz CT molecular complexity index is 153. The van der Waals surface area contributed by atoms with Crippen molar-refractivity contribution < 1.29 is 9.90 Å². The van der Waals surface area contributed by atoms with E-state index >= 15 is 0 Å². The first-order chi connectivity index (χ1) is 6.10. The first-order valence-corrected chi connectivity index (χ1v) is 5.68. The highest BCUT2D eigenvalue weighted by molar-refractivity contribution is 7.99. The third-order valence-corrected chi connectivity index (χ3v) is 3.01. The number of thioether (sulfide) groups is 1. The van der Waals surface area contributed by atoms with Crippen LogP contribution in [0.25, 0.3) is 0 Å². The van der Waals surface area contributed by atoms with Gasteiger partial charge in [-0.05, 0) is 24.6 Å². The number of hydrogen-bond acceptors (Lipinski definition) is 3. The van der Waals surface area contributed by atoms with Gasteiger partial charge in [-0.3, -0.25) is 4.79 Å². The Morgan fingerprint density at radius 2 is 2.23 bits per heavy atom. The van der Waals surface area contributed by atoms with Gasteiger partial charge in [0.1, 0.15) is 0 Å². The molecule has 4 heteroatoms. The van der Waals surface area contributed by atoms with Crippen molar-refractivity contribution in [1.82, 2.24) is 0 Å². The Balaban J connectivity index is 3.75. The molecule has 0 radical (unpaired) electrons. The number of carboxylic acids is 1. The minimum absolute atomic E-state index is 0.131. The van der Waals surface area contributed by atoms with Crippen molar-refractivity contribution in [2.24, 2.45) is 11.7 Å². The SMILES string of the molecule is CCS[C@@H](C)C[C@H](CN)CC(=O)O. The minimum Gasteiger partial charge on any atom is -0.481 e. The summed E-state index contributed by atoms with van der Waals surface area (Å²) in [5.74, 6) is 0.460. The largest absolute Gasteiger partial charge is 0.481 e. The molecule has 0 heterocycles. The standard InChI is InChI=1S/C9H19NO2S/c1-3-13-7(2)4-8(6-10)5-9(11)12/h7-8H,3-6,10H2,1-2H3,(H,11,12)/t7-,8-/m0/s1. The lowest BCUT2D eigenvalue weighted by Gasteiger charge is -2.16. The molecule has 0 bridgehead atoms. The molecule has 0 fully saturated rings. The second kappa shape index (κ2) is 7.21. The summed E-state index contributed by atoms with van der Waals surface area (Å²) in [4.78, 5) is 10.4. The van der Waals surface area contributed by atoms with Gasteiger partial charge in [-0.1, -0.05) is 13.8 Å². The summed E-state index contributed by atoms with van der Waals surface area (Å²) in [6, 6.07) is 0. The molecule has 78 valence electrons. The molecule has 0 aliphatic heterocycles. The number of rotatable bonds is 7. The maximum Gasteiger partial charge on any atom is 0.303 e. The maximum atomic E-state index is 10.4. The predicted molar refractivity (Wildman–Crippen MR) is 57.0 cm³/mol. The summed E-state index contributed by atoms with van der Waals surface area (Å²) in [6.45, 7) is 4.70. The normalized spacial score (nSPS) is 15.3. The summed E-state index contributed by atoms with van der Waals surface area (Å²) in [5, 5.41) is 9.11. The quantitative estimate of drug-likeness (QED) is 0.662. The Kier molecular flexibility index (Phi) is 7.09. The fourth-order valence-electron chi connectivity index (χ4n) is 1.33. The second-order valence-electron chi connectivity index (χ2n) is 3.20. The van der Waals surface area contributed by atoms with Crippen molar-refractivity contribution in [2.45, 2.75) is 31.9 Å². The summed E-state index contributed by atoms with van der Waals surface area (Å²) in [5.41, 5.74) is 5.49. The summed E-state index contributed by atoms with van der Waals surface area (Å²) >= 11 is 1.85. The number of nitrogens with two attached hydrogens (primary N) is 1. The fourth-order valence-corrected chi connectivity index (χ4v) is 2.31. The maximum absolute atomic E-state index is 10.4. The van der Waals surface area contributed by atoms with Gasteiger partial charge in [0.25, 0.3) is 0 Å². The van der Waals surface area contributed by atoms with Gasteiger partial charge in [0, 0.05) is 11.7 Å². The topological polar surface area (TPSA) is 63.3 Å². The summed E-state index contributed by atoms with van der Waals surface area (Å²) in [7, 11) is 0. The van der Waals surface area contributed by atoms with Gasteiger partial charge >= 0.3 is 5.97 Å². The van der Waals surface area contributed by atoms with Crippen LogP contribution in [0.4, 0.5) is 0 Å². The van der Waals surface area contributed by atoms with E-state index in [-0.39, 0.29) is 12.3 Å². The molecule has 3 nitrogen and oxygen atoms in total. The molecular formula is C9H19NO2S. The molecule has 0 aliphatic carbocycles. The highest BCUT2D eigenvalue weighted by Crippen LogP contribution is 2.20. The third kappa shape index (κ3) is 6.90. The molecular weight excluding hydrogens is 186 g/mol. The van der Waals surface area contributed by atoms with Gasteiger partial charge in [0.05, 0.1) is 0 Å². The van der Waals surface area contributed by atoms with Crippen LogP contribution in [-0.2, 0) is 4.79 Å². The molecule has 0 rings (SSSR count). The van der Waals surface area contributed by atoms with Crippen molar-refractivity contribution in [3.05, 3.63) is 0 Å². The van der Waals surface area contributed by atoms with Crippen molar-refractivity contribution in [3.63, 3.8) is 0 Å². The molecule has 13 heavy (non-hydrogen) atoms. The van der Waals surface area contributed by atoms with Crippen LogP contribution in [0.3, 0.4) is 0 Å². The van der Waals surface area contributed by atoms with Gasteiger partial charge in [-0.15, -0.1) is 0 Å². The highest BCUT2D eigenvalue weighted by atomic mass is 32.2. The zero-order valence-electron chi connectivity index (χ0n) is 8.32. The third-order valence-electron chi connectivity index (χ3n) is 1.91. The van der Waals surface area contributed by atoms with Gasteiger partial charge in [-0.25, -0.2) is 0 Å². The van der Waals surface area contributed by atoms with E-state index < -0.39 is 5.97 Å². The van der Waals surface area contributed by atoms with E-state index in [9.17, 15) is 4.79 Å². The van der Waals surface area contributed by atoms with Crippen LogP contribution in [-0.4, -0.2) is 28.6 Å². The lowest BCUT2D eigenvalue weighted by Crippen LogP contribution is -2.21. The molecule has 0 unspecified atom stereocenters. The Labute approximate surface area is 84.1 Å². The van der Waals surface area contributed by atoms with Crippen molar-refractivity contribution in [1.29, 1.82) is 0 Å². The lowest BCUT2D eigenvalue weighted by molar-refractivity contribution is -0.138. The van der Waals surface area contributed by atoms with E-state index in [4.69, 9.17) is 10.8 Å². The Morgan fingerprint density at radius 1 is 1.62 bits per heavy atom. The minimum atomic E-state index is -0.746. The lowest BCUT2D eigenvalue weighted by atomic mass is 10.0.